The van der Waals surface area contributed by atoms with Gasteiger partial charge in [-0.25, -0.2) is 4.98 Å². The van der Waals surface area contributed by atoms with Gasteiger partial charge in [0.2, 0.25) is 5.91 Å². The Balaban J connectivity index is 1.80. The minimum Gasteiger partial charge on any atom is -0.372 e. The zero-order valence-electron chi connectivity index (χ0n) is 11.5. The van der Waals surface area contributed by atoms with Crippen LogP contribution in [0.4, 0.5) is 5.82 Å². The Hall–Kier alpha value is -1.69. The minimum atomic E-state index is 0.0620. The summed E-state index contributed by atoms with van der Waals surface area (Å²) in [5.41, 5.74) is 0.983. The highest BCUT2D eigenvalue weighted by atomic mass is 16.1. The van der Waals surface area contributed by atoms with Gasteiger partial charge in [0.25, 0.3) is 0 Å². The summed E-state index contributed by atoms with van der Waals surface area (Å²) >= 11 is 0. The molecule has 2 rings (SSSR count). The van der Waals surface area contributed by atoms with Crippen molar-refractivity contribution in [1.82, 2.24) is 20.2 Å². The van der Waals surface area contributed by atoms with Gasteiger partial charge in [-0.1, -0.05) is 0 Å². The largest absolute Gasteiger partial charge is 0.372 e. The van der Waals surface area contributed by atoms with E-state index in [-0.39, 0.29) is 5.91 Å². The molecular weight excluding hydrogens is 242 g/mol. The molecule has 0 aliphatic carbocycles. The summed E-state index contributed by atoms with van der Waals surface area (Å²) in [5.74, 6) is 0.847. The van der Waals surface area contributed by atoms with Crippen molar-refractivity contribution in [2.75, 3.05) is 25.5 Å². The van der Waals surface area contributed by atoms with E-state index in [0.29, 0.717) is 6.04 Å². The number of hydrogen-bond donors (Lipinski definition) is 2. The zero-order chi connectivity index (χ0) is 13.7. The Bertz CT molecular complexity index is 412. The van der Waals surface area contributed by atoms with Gasteiger partial charge in [-0.2, -0.15) is 0 Å². The molecule has 6 nitrogen and oxygen atoms in total. The third kappa shape index (κ3) is 4.17. The van der Waals surface area contributed by atoms with Crippen LogP contribution in [0.2, 0.25) is 0 Å². The number of hydrogen-bond acceptors (Lipinski definition) is 5. The highest BCUT2D eigenvalue weighted by Crippen LogP contribution is 2.13. The topological polar surface area (TPSA) is 70.2 Å². The summed E-state index contributed by atoms with van der Waals surface area (Å²) in [6.45, 7) is 4.37. The highest BCUT2D eigenvalue weighted by Gasteiger charge is 2.19. The van der Waals surface area contributed by atoms with Gasteiger partial charge in [0.05, 0.1) is 18.1 Å². The average molecular weight is 263 g/mol. The van der Waals surface area contributed by atoms with Crippen LogP contribution in [0.1, 0.15) is 25.5 Å². The van der Waals surface area contributed by atoms with Crippen molar-refractivity contribution in [1.29, 1.82) is 0 Å². The molecule has 0 atom stereocenters. The van der Waals surface area contributed by atoms with Crippen molar-refractivity contribution in [3.63, 3.8) is 0 Å². The third-order valence-corrected chi connectivity index (χ3v) is 3.34. The normalized spacial score (nSPS) is 17.2. The molecule has 0 aromatic carbocycles. The summed E-state index contributed by atoms with van der Waals surface area (Å²) in [6.07, 6.45) is 5.56. The molecule has 19 heavy (non-hydrogen) atoms. The van der Waals surface area contributed by atoms with Gasteiger partial charge in [-0.15, -0.1) is 0 Å². The van der Waals surface area contributed by atoms with Crippen LogP contribution in [0.25, 0.3) is 0 Å². The molecule has 1 aromatic heterocycles. The molecule has 0 saturated carbocycles. The first-order valence-electron chi connectivity index (χ1n) is 6.65. The summed E-state index contributed by atoms with van der Waals surface area (Å²) in [5, 5.41) is 5.93. The Kier molecular flexibility index (Phi) is 4.68. The van der Waals surface area contributed by atoms with E-state index in [1.54, 1.807) is 13.1 Å². The second kappa shape index (κ2) is 6.47. The van der Waals surface area contributed by atoms with Crippen LogP contribution in [-0.4, -0.2) is 47.0 Å². The summed E-state index contributed by atoms with van der Waals surface area (Å²) < 4.78 is 0. The van der Waals surface area contributed by atoms with E-state index in [0.717, 1.165) is 44.0 Å². The van der Waals surface area contributed by atoms with Gasteiger partial charge in [0.1, 0.15) is 5.82 Å². The van der Waals surface area contributed by atoms with Crippen molar-refractivity contribution in [2.24, 2.45) is 0 Å². The van der Waals surface area contributed by atoms with Gasteiger partial charge < -0.3 is 10.6 Å². The van der Waals surface area contributed by atoms with Crippen LogP contribution >= 0.6 is 0 Å². The van der Waals surface area contributed by atoms with Crippen LogP contribution in [0, 0.1) is 0 Å². The van der Waals surface area contributed by atoms with Crippen LogP contribution in [0.15, 0.2) is 12.4 Å². The van der Waals surface area contributed by atoms with Gasteiger partial charge >= 0.3 is 0 Å². The fourth-order valence-electron chi connectivity index (χ4n) is 2.32. The molecule has 1 aliphatic rings. The first-order valence-corrected chi connectivity index (χ1v) is 6.65. The first-order chi connectivity index (χ1) is 9.17. The Morgan fingerprint density at radius 1 is 1.37 bits per heavy atom. The molecule has 0 spiro atoms. The van der Waals surface area contributed by atoms with E-state index in [2.05, 4.69) is 25.5 Å². The predicted octanol–water partition coefficient (Wildman–Crippen LogP) is 0.619. The number of amides is 1. The average Bonchev–Trinajstić information content (AvgIpc) is 2.41. The minimum absolute atomic E-state index is 0.0620. The lowest BCUT2D eigenvalue weighted by molar-refractivity contribution is -0.119. The summed E-state index contributed by atoms with van der Waals surface area (Å²) in [7, 11) is 1.83. The van der Waals surface area contributed by atoms with Gasteiger partial charge in [0, 0.05) is 39.6 Å². The molecule has 1 saturated heterocycles. The molecule has 6 heteroatoms. The molecule has 104 valence electrons. The Morgan fingerprint density at radius 2 is 2.11 bits per heavy atom. The van der Waals surface area contributed by atoms with Crippen LogP contribution in [0.5, 0.6) is 0 Å². The molecule has 2 heterocycles. The molecule has 0 radical (unpaired) electrons. The second-order valence-corrected chi connectivity index (χ2v) is 4.89. The number of likely N-dealkylation sites (tertiary alicyclic amines) is 1. The smallest absolute Gasteiger partial charge is 0.217 e. The Morgan fingerprint density at radius 3 is 2.63 bits per heavy atom. The fraction of sp³-hybridized carbons (Fsp3) is 0.615. The maximum atomic E-state index is 11.0. The number of anilines is 1. The standard InChI is InChI=1S/C13H21N5O/c1-10(19)17-11-3-5-18(6-4-11)9-12-7-16-13(14-2)8-15-12/h7-8,11H,3-6,9H2,1-2H3,(H,14,16)(H,17,19). The number of nitrogens with one attached hydrogen (secondary N) is 2. The van der Waals surface area contributed by atoms with E-state index in [1.807, 2.05) is 13.2 Å². The van der Waals surface area contributed by atoms with Crippen molar-refractivity contribution in [3.8, 4) is 0 Å². The van der Waals surface area contributed by atoms with Gasteiger partial charge in [-0.05, 0) is 12.8 Å². The fourth-order valence-corrected chi connectivity index (χ4v) is 2.32. The van der Waals surface area contributed by atoms with Crippen LogP contribution in [-0.2, 0) is 11.3 Å². The van der Waals surface area contributed by atoms with Crippen molar-refractivity contribution >= 4 is 11.7 Å². The van der Waals surface area contributed by atoms with Gasteiger partial charge in [-0.3, -0.25) is 14.7 Å². The maximum absolute atomic E-state index is 11.0. The summed E-state index contributed by atoms with van der Waals surface area (Å²) in [6, 6.07) is 0.325. The number of rotatable bonds is 4. The lowest BCUT2D eigenvalue weighted by Gasteiger charge is -2.31. The van der Waals surface area contributed by atoms with Crippen LogP contribution < -0.4 is 10.6 Å². The molecule has 2 N–H and O–H groups in total. The summed E-state index contributed by atoms with van der Waals surface area (Å²) in [4.78, 5) is 22.0. The third-order valence-electron chi connectivity index (χ3n) is 3.34. The van der Waals surface area contributed by atoms with Crippen LogP contribution in [0.3, 0.4) is 0 Å². The molecule has 0 bridgehead atoms. The molecular formula is C13H21N5O. The van der Waals surface area contributed by atoms with E-state index in [9.17, 15) is 4.79 Å². The lowest BCUT2D eigenvalue weighted by atomic mass is 10.0. The number of nitrogens with zero attached hydrogens (tertiary/aromatic N) is 3. The molecule has 1 amide bonds. The number of piperidine rings is 1. The number of carbonyl (C=O) groups is 1. The molecule has 0 unspecified atom stereocenters. The predicted molar refractivity (Wildman–Crippen MR) is 73.7 cm³/mol. The molecule has 1 aliphatic heterocycles. The highest BCUT2D eigenvalue weighted by molar-refractivity contribution is 5.73. The quantitative estimate of drug-likeness (QED) is 0.833. The Labute approximate surface area is 113 Å². The van der Waals surface area contributed by atoms with E-state index in [4.69, 9.17) is 0 Å². The van der Waals surface area contributed by atoms with Crippen molar-refractivity contribution < 1.29 is 4.79 Å². The maximum Gasteiger partial charge on any atom is 0.217 e. The molecule has 1 fully saturated rings. The van der Waals surface area contributed by atoms with Gasteiger partial charge in [0.15, 0.2) is 0 Å². The molecule has 1 aromatic rings. The van der Waals surface area contributed by atoms with E-state index < -0.39 is 0 Å². The zero-order valence-corrected chi connectivity index (χ0v) is 11.5. The first kappa shape index (κ1) is 13.7. The SMILES string of the molecule is CNc1cnc(CN2CCC(NC(C)=O)CC2)cn1. The number of aromatic nitrogens is 2. The second-order valence-electron chi connectivity index (χ2n) is 4.89. The van der Waals surface area contributed by atoms with E-state index in [1.165, 1.54) is 0 Å². The van der Waals surface area contributed by atoms with Crippen molar-refractivity contribution in [3.05, 3.63) is 18.1 Å². The lowest BCUT2D eigenvalue weighted by Crippen LogP contribution is -2.43. The van der Waals surface area contributed by atoms with E-state index >= 15 is 0 Å². The van der Waals surface area contributed by atoms with Crippen molar-refractivity contribution in [2.45, 2.75) is 32.4 Å². The number of carbonyl (C=O) groups excluding carboxylic acids is 1. The monoisotopic (exact) mass is 263 g/mol.